The number of carbonyl (C=O) groups is 1. The number of furan rings is 1. The monoisotopic (exact) mass is 339 g/mol. The Bertz CT molecular complexity index is 686. The second-order valence-electron chi connectivity index (χ2n) is 6.88. The topological polar surface area (TPSA) is 39.9 Å². The molecule has 1 atom stereocenters. The fourth-order valence-electron chi connectivity index (χ4n) is 3.97. The highest BCUT2D eigenvalue weighted by Gasteiger charge is 2.30. The molecule has 2 fully saturated rings. The van der Waals surface area contributed by atoms with Crippen molar-refractivity contribution < 1.29 is 9.21 Å². The van der Waals surface area contributed by atoms with Crippen molar-refractivity contribution in [1.82, 2.24) is 9.80 Å². The van der Waals surface area contributed by atoms with Gasteiger partial charge in [-0.3, -0.25) is 9.69 Å². The highest BCUT2D eigenvalue weighted by atomic mass is 16.3. The Morgan fingerprint density at radius 1 is 0.960 bits per heavy atom. The molecular weight excluding hydrogens is 314 g/mol. The first-order valence-electron chi connectivity index (χ1n) is 9.18. The Kier molecular flexibility index (Phi) is 4.74. The Balaban J connectivity index is 1.35. The van der Waals surface area contributed by atoms with Crippen LogP contribution >= 0.6 is 0 Å². The van der Waals surface area contributed by atoms with E-state index in [1.165, 1.54) is 12.1 Å². The zero-order valence-corrected chi connectivity index (χ0v) is 14.5. The summed E-state index contributed by atoms with van der Waals surface area (Å²) in [5.74, 6) is 0.466. The molecule has 5 nitrogen and oxygen atoms in total. The first-order valence-corrected chi connectivity index (χ1v) is 9.18. The van der Waals surface area contributed by atoms with Crippen LogP contribution in [0.5, 0.6) is 0 Å². The predicted molar refractivity (Wildman–Crippen MR) is 97.9 cm³/mol. The zero-order valence-electron chi connectivity index (χ0n) is 14.5. The van der Waals surface area contributed by atoms with Gasteiger partial charge in [-0.05, 0) is 37.1 Å². The molecule has 3 heterocycles. The highest BCUT2D eigenvalue weighted by Crippen LogP contribution is 2.23. The van der Waals surface area contributed by atoms with E-state index in [9.17, 15) is 4.79 Å². The molecule has 0 radical (unpaired) electrons. The molecule has 0 aliphatic carbocycles. The van der Waals surface area contributed by atoms with E-state index in [1.54, 1.807) is 18.4 Å². The summed E-state index contributed by atoms with van der Waals surface area (Å²) in [7, 11) is 0. The molecule has 2 aliphatic heterocycles. The second kappa shape index (κ2) is 7.31. The molecule has 1 amide bonds. The Hall–Kier alpha value is -2.27. The molecule has 0 saturated carbocycles. The van der Waals surface area contributed by atoms with Crippen molar-refractivity contribution in [3.05, 3.63) is 54.5 Å². The van der Waals surface area contributed by atoms with Gasteiger partial charge in [-0.2, -0.15) is 0 Å². The normalized spacial score (nSPS) is 22.2. The lowest BCUT2D eigenvalue weighted by Gasteiger charge is -2.28. The van der Waals surface area contributed by atoms with E-state index < -0.39 is 0 Å². The summed E-state index contributed by atoms with van der Waals surface area (Å²) in [6.45, 7) is 5.79. The average molecular weight is 339 g/mol. The molecule has 2 aliphatic rings. The van der Waals surface area contributed by atoms with Crippen LogP contribution in [-0.2, 0) is 0 Å². The van der Waals surface area contributed by atoms with Crippen LogP contribution in [0.1, 0.15) is 23.4 Å². The summed E-state index contributed by atoms with van der Waals surface area (Å²) in [5.41, 5.74) is 1.31. The van der Waals surface area contributed by atoms with Crippen LogP contribution in [0.3, 0.4) is 0 Å². The zero-order chi connectivity index (χ0) is 17.1. The third kappa shape index (κ3) is 3.56. The summed E-state index contributed by atoms with van der Waals surface area (Å²) >= 11 is 0. The van der Waals surface area contributed by atoms with Crippen LogP contribution in [0.15, 0.2) is 53.1 Å². The summed E-state index contributed by atoms with van der Waals surface area (Å²) in [6, 6.07) is 14.8. The van der Waals surface area contributed by atoms with Gasteiger partial charge in [0.1, 0.15) is 0 Å². The van der Waals surface area contributed by atoms with Crippen molar-refractivity contribution in [2.45, 2.75) is 18.9 Å². The number of nitrogens with zero attached hydrogens (tertiary/aromatic N) is 3. The third-order valence-electron chi connectivity index (χ3n) is 5.35. The van der Waals surface area contributed by atoms with E-state index >= 15 is 0 Å². The maximum absolute atomic E-state index is 12.5. The highest BCUT2D eigenvalue weighted by molar-refractivity contribution is 5.91. The quantitative estimate of drug-likeness (QED) is 0.862. The fraction of sp³-hybridized carbons (Fsp3) is 0.450. The van der Waals surface area contributed by atoms with Gasteiger partial charge in [-0.15, -0.1) is 0 Å². The molecule has 1 aromatic carbocycles. The van der Waals surface area contributed by atoms with E-state index in [0.29, 0.717) is 11.8 Å². The van der Waals surface area contributed by atoms with E-state index in [4.69, 9.17) is 4.42 Å². The Morgan fingerprint density at radius 2 is 1.84 bits per heavy atom. The summed E-state index contributed by atoms with van der Waals surface area (Å²) < 4.78 is 5.27. The first-order chi connectivity index (χ1) is 12.3. The molecule has 0 N–H and O–H groups in total. The van der Waals surface area contributed by atoms with Crippen LogP contribution in [0.2, 0.25) is 0 Å². The minimum atomic E-state index is 0.0178. The molecule has 132 valence electrons. The smallest absolute Gasteiger partial charge is 0.289 e. The molecule has 2 saturated heterocycles. The van der Waals surface area contributed by atoms with Crippen molar-refractivity contribution in [1.29, 1.82) is 0 Å². The van der Waals surface area contributed by atoms with Gasteiger partial charge in [-0.1, -0.05) is 18.2 Å². The standard InChI is InChI=1S/C20H25N3O2/c24-20(19-8-4-15-25-19)22-11-5-10-21(13-14-22)18-9-12-23(16-18)17-6-2-1-3-7-17/h1-4,6-8,15,18H,5,9-14,16H2. The molecule has 2 aromatic rings. The van der Waals surface area contributed by atoms with Gasteiger partial charge in [0.25, 0.3) is 5.91 Å². The average Bonchev–Trinajstić information content (AvgIpc) is 3.30. The first kappa shape index (κ1) is 16.2. The van der Waals surface area contributed by atoms with Gasteiger partial charge >= 0.3 is 0 Å². The van der Waals surface area contributed by atoms with Gasteiger partial charge in [0.15, 0.2) is 5.76 Å². The molecule has 0 bridgehead atoms. The molecule has 25 heavy (non-hydrogen) atoms. The number of hydrogen-bond acceptors (Lipinski definition) is 4. The van der Waals surface area contributed by atoms with Crippen LogP contribution in [0.25, 0.3) is 0 Å². The Labute approximate surface area is 148 Å². The summed E-state index contributed by atoms with van der Waals surface area (Å²) in [6.07, 6.45) is 3.78. The van der Waals surface area contributed by atoms with Gasteiger partial charge < -0.3 is 14.2 Å². The molecule has 0 spiro atoms. The summed E-state index contributed by atoms with van der Waals surface area (Å²) in [5, 5.41) is 0. The maximum Gasteiger partial charge on any atom is 0.289 e. The largest absolute Gasteiger partial charge is 0.459 e. The number of anilines is 1. The lowest BCUT2D eigenvalue weighted by atomic mass is 10.2. The van der Waals surface area contributed by atoms with Gasteiger partial charge in [0.2, 0.25) is 0 Å². The predicted octanol–water partition coefficient (Wildman–Crippen LogP) is 2.71. The van der Waals surface area contributed by atoms with Crippen LogP contribution in [-0.4, -0.2) is 61.0 Å². The molecular formula is C20H25N3O2. The summed E-state index contributed by atoms with van der Waals surface area (Å²) in [4.78, 5) is 19.5. The van der Waals surface area contributed by atoms with Gasteiger partial charge in [0, 0.05) is 51.0 Å². The number of para-hydroxylation sites is 1. The van der Waals surface area contributed by atoms with Crippen LogP contribution in [0.4, 0.5) is 5.69 Å². The number of hydrogen-bond donors (Lipinski definition) is 0. The number of benzene rings is 1. The van der Waals surface area contributed by atoms with Crippen molar-refractivity contribution in [2.24, 2.45) is 0 Å². The van der Waals surface area contributed by atoms with Crippen molar-refractivity contribution in [3.8, 4) is 0 Å². The molecule has 1 unspecified atom stereocenters. The van der Waals surface area contributed by atoms with Crippen molar-refractivity contribution >= 4 is 11.6 Å². The van der Waals surface area contributed by atoms with Crippen molar-refractivity contribution in [2.75, 3.05) is 44.2 Å². The van der Waals surface area contributed by atoms with E-state index in [2.05, 4.69) is 40.1 Å². The maximum atomic E-state index is 12.5. The third-order valence-corrected chi connectivity index (χ3v) is 5.35. The minimum absolute atomic E-state index is 0.0178. The molecule has 5 heteroatoms. The van der Waals surface area contributed by atoms with E-state index in [1.807, 2.05) is 4.90 Å². The second-order valence-corrected chi connectivity index (χ2v) is 6.88. The lowest BCUT2D eigenvalue weighted by Crippen LogP contribution is -2.41. The van der Waals surface area contributed by atoms with Gasteiger partial charge in [-0.25, -0.2) is 0 Å². The molecule has 1 aromatic heterocycles. The number of rotatable bonds is 3. The van der Waals surface area contributed by atoms with Crippen LogP contribution in [0, 0.1) is 0 Å². The van der Waals surface area contributed by atoms with Crippen LogP contribution < -0.4 is 4.90 Å². The lowest BCUT2D eigenvalue weighted by molar-refractivity contribution is 0.0727. The SMILES string of the molecule is O=C(c1ccco1)N1CCCN(C2CCN(c3ccccc3)C2)CC1. The Morgan fingerprint density at radius 3 is 2.64 bits per heavy atom. The van der Waals surface area contributed by atoms with Gasteiger partial charge in [0.05, 0.1) is 6.26 Å². The van der Waals surface area contributed by atoms with E-state index in [0.717, 1.165) is 45.7 Å². The number of amides is 1. The van der Waals surface area contributed by atoms with Crippen molar-refractivity contribution in [3.63, 3.8) is 0 Å². The number of carbonyl (C=O) groups excluding carboxylic acids is 1. The molecule has 4 rings (SSSR count). The van der Waals surface area contributed by atoms with E-state index in [-0.39, 0.29) is 5.91 Å². The fourth-order valence-corrected chi connectivity index (χ4v) is 3.97. The minimum Gasteiger partial charge on any atom is -0.459 e.